The highest BCUT2D eigenvalue weighted by atomic mass is 35.5. The van der Waals surface area contributed by atoms with E-state index in [4.69, 9.17) is 16.3 Å². The number of halogens is 1. The van der Waals surface area contributed by atoms with Crippen molar-refractivity contribution in [3.05, 3.63) is 29.3 Å². The number of rotatable bonds is 7. The third-order valence-corrected chi connectivity index (χ3v) is 2.61. The average molecular weight is 243 g/mol. The predicted octanol–water partition coefficient (Wildman–Crippen LogP) is 3.66. The van der Waals surface area contributed by atoms with Gasteiger partial charge in [-0.15, -0.1) is 0 Å². The van der Waals surface area contributed by atoms with Gasteiger partial charge in [0, 0.05) is 5.02 Å². The van der Waals surface area contributed by atoms with Crippen molar-refractivity contribution in [2.24, 2.45) is 0 Å². The van der Waals surface area contributed by atoms with Gasteiger partial charge in [0.1, 0.15) is 12.4 Å². The van der Waals surface area contributed by atoms with Crippen LogP contribution >= 0.6 is 11.6 Å². The van der Waals surface area contributed by atoms with Crippen LogP contribution in [0.15, 0.2) is 24.3 Å². The Morgan fingerprint density at radius 1 is 1.38 bits per heavy atom. The minimum absolute atomic E-state index is 0.337. The van der Waals surface area contributed by atoms with Crippen LogP contribution in [0.3, 0.4) is 0 Å². The van der Waals surface area contributed by atoms with E-state index >= 15 is 0 Å². The van der Waals surface area contributed by atoms with Gasteiger partial charge in [-0.05, 0) is 24.6 Å². The molecule has 0 aliphatic heterocycles. The highest BCUT2D eigenvalue weighted by Crippen LogP contribution is 2.17. The summed E-state index contributed by atoms with van der Waals surface area (Å²) >= 11 is 5.82. The zero-order valence-electron chi connectivity index (χ0n) is 9.66. The van der Waals surface area contributed by atoms with Crippen LogP contribution in [0, 0.1) is 0 Å². The van der Waals surface area contributed by atoms with Crippen molar-refractivity contribution in [3.8, 4) is 5.75 Å². The lowest BCUT2D eigenvalue weighted by Gasteiger charge is -2.12. The molecule has 1 atom stereocenters. The number of hydrogen-bond donors (Lipinski definition) is 1. The van der Waals surface area contributed by atoms with E-state index in [-0.39, 0.29) is 6.10 Å². The molecule has 0 radical (unpaired) electrons. The Hall–Kier alpha value is -0.730. The highest BCUT2D eigenvalue weighted by Gasteiger charge is 2.04. The molecule has 3 heteroatoms. The van der Waals surface area contributed by atoms with E-state index < -0.39 is 0 Å². The molecule has 2 nitrogen and oxygen atoms in total. The number of ether oxygens (including phenoxy) is 1. The fraction of sp³-hybridized carbons (Fsp3) is 0.538. The smallest absolute Gasteiger partial charge is 0.120 e. The molecule has 16 heavy (non-hydrogen) atoms. The van der Waals surface area contributed by atoms with Crippen LogP contribution in [0.25, 0.3) is 0 Å². The Labute approximate surface area is 102 Å². The first-order chi connectivity index (χ1) is 7.72. The zero-order valence-corrected chi connectivity index (χ0v) is 10.4. The molecule has 0 saturated heterocycles. The Morgan fingerprint density at radius 2 is 2.19 bits per heavy atom. The number of hydrogen-bond acceptors (Lipinski definition) is 2. The van der Waals surface area contributed by atoms with Crippen LogP contribution in [0.4, 0.5) is 0 Å². The van der Waals surface area contributed by atoms with Gasteiger partial charge >= 0.3 is 0 Å². The minimum Gasteiger partial charge on any atom is -0.491 e. The van der Waals surface area contributed by atoms with E-state index in [1.54, 1.807) is 12.1 Å². The molecule has 0 bridgehead atoms. The van der Waals surface area contributed by atoms with Crippen LogP contribution < -0.4 is 4.74 Å². The molecule has 0 aliphatic carbocycles. The Morgan fingerprint density at radius 3 is 2.88 bits per heavy atom. The summed E-state index contributed by atoms with van der Waals surface area (Å²) in [7, 11) is 0. The van der Waals surface area contributed by atoms with Crippen LogP contribution in [0.2, 0.25) is 5.02 Å². The van der Waals surface area contributed by atoms with Crippen molar-refractivity contribution in [1.82, 2.24) is 0 Å². The molecule has 0 saturated carbocycles. The first kappa shape index (κ1) is 13.3. The maximum Gasteiger partial charge on any atom is 0.120 e. The lowest BCUT2D eigenvalue weighted by Crippen LogP contribution is -2.17. The Bertz CT molecular complexity index is 302. The number of aliphatic hydroxyl groups is 1. The molecule has 1 aromatic rings. The highest BCUT2D eigenvalue weighted by molar-refractivity contribution is 6.30. The summed E-state index contributed by atoms with van der Waals surface area (Å²) in [4.78, 5) is 0. The second kappa shape index (κ2) is 7.53. The zero-order chi connectivity index (χ0) is 11.8. The maximum atomic E-state index is 9.65. The van der Waals surface area contributed by atoms with E-state index in [9.17, 15) is 5.11 Å². The molecule has 1 unspecified atom stereocenters. The molecule has 1 rings (SSSR count). The topological polar surface area (TPSA) is 29.5 Å². The maximum absolute atomic E-state index is 9.65. The Balaban J connectivity index is 2.23. The van der Waals surface area contributed by atoms with Gasteiger partial charge in [0.2, 0.25) is 0 Å². The molecule has 0 heterocycles. The summed E-state index contributed by atoms with van der Waals surface area (Å²) in [6.07, 6.45) is 3.80. The minimum atomic E-state index is -0.384. The third kappa shape index (κ3) is 5.38. The van der Waals surface area contributed by atoms with Crippen molar-refractivity contribution in [3.63, 3.8) is 0 Å². The van der Waals surface area contributed by atoms with Gasteiger partial charge in [-0.2, -0.15) is 0 Å². The lowest BCUT2D eigenvalue weighted by atomic mass is 10.1. The molecule has 90 valence electrons. The summed E-state index contributed by atoms with van der Waals surface area (Å²) in [6.45, 7) is 2.49. The molecular formula is C13H19ClO2. The van der Waals surface area contributed by atoms with Crippen molar-refractivity contribution >= 4 is 11.6 Å². The standard InChI is InChI=1S/C13H19ClO2/c1-2-3-4-7-12(15)10-16-13-8-5-6-11(14)9-13/h5-6,8-9,12,15H,2-4,7,10H2,1H3. The summed E-state index contributed by atoms with van der Waals surface area (Å²) in [5, 5.41) is 10.3. The summed E-state index contributed by atoms with van der Waals surface area (Å²) in [5.74, 6) is 0.710. The lowest BCUT2D eigenvalue weighted by molar-refractivity contribution is 0.0976. The van der Waals surface area contributed by atoms with Gasteiger partial charge in [0.05, 0.1) is 6.10 Å². The molecule has 0 amide bonds. The second-order valence-corrected chi connectivity index (χ2v) is 4.35. The normalized spacial score (nSPS) is 12.4. The van der Waals surface area contributed by atoms with Crippen molar-refractivity contribution in [2.75, 3.05) is 6.61 Å². The first-order valence-electron chi connectivity index (χ1n) is 5.78. The van der Waals surface area contributed by atoms with Crippen LogP contribution in [-0.4, -0.2) is 17.8 Å². The SMILES string of the molecule is CCCCCC(O)COc1cccc(Cl)c1. The van der Waals surface area contributed by atoms with E-state index in [2.05, 4.69) is 6.92 Å². The molecular weight excluding hydrogens is 224 g/mol. The largest absolute Gasteiger partial charge is 0.491 e. The van der Waals surface area contributed by atoms with Gasteiger partial charge in [0.25, 0.3) is 0 Å². The molecule has 0 fully saturated rings. The van der Waals surface area contributed by atoms with Gasteiger partial charge in [-0.25, -0.2) is 0 Å². The molecule has 0 aromatic heterocycles. The fourth-order valence-corrected chi connectivity index (χ4v) is 1.64. The second-order valence-electron chi connectivity index (χ2n) is 3.92. The quantitative estimate of drug-likeness (QED) is 0.740. The summed E-state index contributed by atoms with van der Waals surface area (Å²) in [6, 6.07) is 7.22. The number of benzene rings is 1. The third-order valence-electron chi connectivity index (χ3n) is 2.38. The van der Waals surface area contributed by atoms with Crippen molar-refractivity contribution < 1.29 is 9.84 Å². The number of aliphatic hydroxyl groups excluding tert-OH is 1. The van der Waals surface area contributed by atoms with Crippen LogP contribution in [-0.2, 0) is 0 Å². The van der Waals surface area contributed by atoms with Gasteiger partial charge in [-0.1, -0.05) is 43.9 Å². The van der Waals surface area contributed by atoms with Crippen molar-refractivity contribution in [2.45, 2.75) is 38.7 Å². The van der Waals surface area contributed by atoms with Gasteiger partial charge in [0.15, 0.2) is 0 Å². The van der Waals surface area contributed by atoms with Crippen molar-refractivity contribution in [1.29, 1.82) is 0 Å². The van der Waals surface area contributed by atoms with E-state index in [1.165, 1.54) is 6.42 Å². The van der Waals surface area contributed by atoms with Gasteiger partial charge in [-0.3, -0.25) is 0 Å². The average Bonchev–Trinajstić information content (AvgIpc) is 2.27. The summed E-state index contributed by atoms with van der Waals surface area (Å²) < 4.78 is 5.44. The van der Waals surface area contributed by atoms with Crippen LogP contribution in [0.1, 0.15) is 32.6 Å². The first-order valence-corrected chi connectivity index (χ1v) is 6.16. The molecule has 1 aromatic carbocycles. The van der Waals surface area contributed by atoms with Gasteiger partial charge < -0.3 is 9.84 Å². The Kier molecular flexibility index (Phi) is 6.27. The summed E-state index contributed by atoms with van der Waals surface area (Å²) in [5.41, 5.74) is 0. The molecule has 0 aliphatic rings. The molecule has 0 spiro atoms. The fourth-order valence-electron chi connectivity index (χ4n) is 1.46. The predicted molar refractivity (Wildman–Crippen MR) is 67.1 cm³/mol. The van der Waals surface area contributed by atoms with E-state index in [0.29, 0.717) is 17.4 Å². The molecule has 1 N–H and O–H groups in total. The van der Waals surface area contributed by atoms with E-state index in [1.807, 2.05) is 12.1 Å². The number of unbranched alkanes of at least 4 members (excludes halogenated alkanes) is 2. The van der Waals surface area contributed by atoms with E-state index in [0.717, 1.165) is 19.3 Å². The van der Waals surface area contributed by atoms with Crippen LogP contribution in [0.5, 0.6) is 5.75 Å². The monoisotopic (exact) mass is 242 g/mol.